The van der Waals surface area contributed by atoms with E-state index in [9.17, 15) is 13.6 Å². The van der Waals surface area contributed by atoms with Crippen LogP contribution in [0.3, 0.4) is 0 Å². The topological polar surface area (TPSA) is 98.7 Å². The third kappa shape index (κ3) is 2.62. The highest BCUT2D eigenvalue weighted by molar-refractivity contribution is 7.80. The molecule has 7 heteroatoms. The monoisotopic (exact) mass is 270 g/mol. The molecule has 1 aliphatic carbocycles. The quantitative estimate of drug-likeness (QED) is 0.780. The van der Waals surface area contributed by atoms with E-state index in [2.05, 4.69) is 4.72 Å². The van der Waals surface area contributed by atoms with Crippen LogP contribution >= 0.6 is 0 Å². The van der Waals surface area contributed by atoms with Crippen LogP contribution in [0.2, 0.25) is 0 Å². The summed E-state index contributed by atoms with van der Waals surface area (Å²) in [6, 6.07) is 5.00. The first-order valence-corrected chi connectivity index (χ1v) is 6.37. The molecule has 98 valence electrons. The Hall–Kier alpha value is -1.60. The molecule has 0 heterocycles. The summed E-state index contributed by atoms with van der Waals surface area (Å²) in [6.45, 7) is 0. The van der Waals surface area contributed by atoms with Gasteiger partial charge in [-0.05, 0) is 30.0 Å². The van der Waals surface area contributed by atoms with Gasteiger partial charge in [-0.25, -0.2) is 0 Å². The lowest BCUT2D eigenvalue weighted by Gasteiger charge is -2.14. The fraction of sp³-hybridized carbons (Fsp3) is 0.364. The summed E-state index contributed by atoms with van der Waals surface area (Å²) in [5.41, 5.74) is 1.12. The lowest BCUT2D eigenvalue weighted by molar-refractivity contribution is -0.138. The number of carboxylic acid groups (broad SMARTS) is 1. The maximum Gasteiger partial charge on any atom is 0.307 e. The molecule has 18 heavy (non-hydrogen) atoms. The molecule has 2 rings (SSSR count). The Morgan fingerprint density at radius 2 is 2.33 bits per heavy atom. The van der Waals surface area contributed by atoms with Crippen molar-refractivity contribution in [3.8, 4) is 5.75 Å². The van der Waals surface area contributed by atoms with Crippen LogP contribution in [-0.4, -0.2) is 26.9 Å². The number of ether oxygens (including phenoxy) is 1. The van der Waals surface area contributed by atoms with Crippen LogP contribution in [0.5, 0.6) is 5.75 Å². The molecule has 3 unspecified atom stereocenters. The standard InChI is InChI=1S/C11H13NO5S/c1-17-10-3-2-6(4-9(10)12-18(15)16)7-5-8(7)11(13)14/h2-4,7-8,12H,5H2,1H3,(H,13,14)(H,15,16)/p-1. The molecular weight excluding hydrogens is 258 g/mol. The van der Waals surface area contributed by atoms with Crippen molar-refractivity contribution in [2.45, 2.75) is 12.3 Å². The van der Waals surface area contributed by atoms with Crippen LogP contribution in [0.1, 0.15) is 17.9 Å². The van der Waals surface area contributed by atoms with Crippen molar-refractivity contribution in [2.75, 3.05) is 11.8 Å². The van der Waals surface area contributed by atoms with Crippen LogP contribution < -0.4 is 9.46 Å². The highest BCUT2D eigenvalue weighted by Crippen LogP contribution is 2.48. The van der Waals surface area contributed by atoms with Crippen molar-refractivity contribution in [3.05, 3.63) is 23.8 Å². The summed E-state index contributed by atoms with van der Waals surface area (Å²) in [5.74, 6) is -0.841. The normalized spacial score (nSPS) is 23.2. The summed E-state index contributed by atoms with van der Waals surface area (Å²) in [6.07, 6.45) is 0.585. The van der Waals surface area contributed by atoms with Crippen molar-refractivity contribution in [1.82, 2.24) is 0 Å². The minimum absolute atomic E-state index is 0.0472. The minimum atomic E-state index is -2.44. The molecule has 0 radical (unpaired) electrons. The largest absolute Gasteiger partial charge is 0.755 e. The fourth-order valence-corrected chi connectivity index (χ4v) is 2.30. The van der Waals surface area contributed by atoms with Gasteiger partial charge < -0.3 is 19.1 Å². The molecule has 1 aromatic carbocycles. The lowest BCUT2D eigenvalue weighted by Crippen LogP contribution is -2.05. The van der Waals surface area contributed by atoms with Gasteiger partial charge >= 0.3 is 5.97 Å². The van der Waals surface area contributed by atoms with Crippen LogP contribution in [0.25, 0.3) is 0 Å². The minimum Gasteiger partial charge on any atom is -0.755 e. The van der Waals surface area contributed by atoms with Crippen molar-refractivity contribution in [3.63, 3.8) is 0 Å². The average Bonchev–Trinajstić information content (AvgIpc) is 3.08. The van der Waals surface area contributed by atoms with E-state index in [0.29, 0.717) is 17.9 Å². The molecule has 1 fully saturated rings. The van der Waals surface area contributed by atoms with Crippen molar-refractivity contribution >= 4 is 22.9 Å². The third-order valence-corrected chi connectivity index (χ3v) is 3.34. The van der Waals surface area contributed by atoms with E-state index in [1.165, 1.54) is 7.11 Å². The van der Waals surface area contributed by atoms with Crippen LogP contribution in [0, 0.1) is 5.92 Å². The van der Waals surface area contributed by atoms with Gasteiger partial charge in [0.25, 0.3) is 0 Å². The van der Waals surface area contributed by atoms with Gasteiger partial charge in [0.05, 0.1) is 18.7 Å². The molecule has 0 amide bonds. The Morgan fingerprint density at radius 1 is 1.61 bits per heavy atom. The molecule has 0 aromatic heterocycles. The molecule has 2 N–H and O–H groups in total. The molecule has 0 spiro atoms. The van der Waals surface area contributed by atoms with Gasteiger partial charge in [0.1, 0.15) is 5.75 Å². The van der Waals surface area contributed by atoms with Crippen LogP contribution in [-0.2, 0) is 16.1 Å². The number of rotatable bonds is 5. The number of carbonyl (C=O) groups is 1. The third-order valence-electron chi connectivity index (χ3n) is 2.95. The van der Waals surface area contributed by atoms with Gasteiger partial charge in [0, 0.05) is 11.3 Å². The van der Waals surface area contributed by atoms with Crippen molar-refractivity contribution in [2.24, 2.45) is 5.92 Å². The fourth-order valence-electron chi connectivity index (χ4n) is 1.96. The van der Waals surface area contributed by atoms with E-state index in [0.717, 1.165) is 5.56 Å². The van der Waals surface area contributed by atoms with E-state index < -0.39 is 17.2 Å². The summed E-state index contributed by atoms with van der Waals surface area (Å²) < 4.78 is 28.5. The molecule has 0 bridgehead atoms. The number of hydrogen-bond donors (Lipinski definition) is 2. The second-order valence-electron chi connectivity index (χ2n) is 4.08. The molecule has 3 atom stereocenters. The number of hydrogen-bond acceptors (Lipinski definition) is 4. The molecule has 1 aliphatic rings. The van der Waals surface area contributed by atoms with E-state index in [4.69, 9.17) is 9.84 Å². The van der Waals surface area contributed by atoms with Gasteiger partial charge in [0.15, 0.2) is 0 Å². The average molecular weight is 270 g/mol. The van der Waals surface area contributed by atoms with E-state index in [1.54, 1.807) is 18.2 Å². The van der Waals surface area contributed by atoms with Gasteiger partial charge in [0.2, 0.25) is 0 Å². The predicted octanol–water partition coefficient (Wildman–Crippen LogP) is 1.09. The first-order valence-electron chi connectivity index (χ1n) is 5.29. The second kappa shape index (κ2) is 4.95. The zero-order valence-corrected chi connectivity index (χ0v) is 10.4. The Kier molecular flexibility index (Phi) is 3.53. The smallest absolute Gasteiger partial charge is 0.307 e. The van der Waals surface area contributed by atoms with Crippen LogP contribution in [0.4, 0.5) is 5.69 Å². The summed E-state index contributed by atoms with van der Waals surface area (Å²) in [4.78, 5) is 10.8. The molecule has 6 nitrogen and oxygen atoms in total. The van der Waals surface area contributed by atoms with Crippen molar-refractivity contribution < 1.29 is 23.4 Å². The highest BCUT2D eigenvalue weighted by atomic mass is 32.2. The number of carboxylic acids is 1. The van der Waals surface area contributed by atoms with E-state index >= 15 is 0 Å². The second-order valence-corrected chi connectivity index (χ2v) is 4.76. The Labute approximate surface area is 106 Å². The van der Waals surface area contributed by atoms with Gasteiger partial charge in [-0.15, -0.1) is 0 Å². The highest BCUT2D eigenvalue weighted by Gasteiger charge is 2.44. The predicted molar refractivity (Wildman–Crippen MR) is 64.0 cm³/mol. The van der Waals surface area contributed by atoms with Gasteiger partial charge in [-0.1, -0.05) is 6.07 Å². The molecule has 1 aromatic rings. The molecular formula is C11H12NO5S-. The van der Waals surface area contributed by atoms with Crippen LogP contribution in [0.15, 0.2) is 18.2 Å². The Balaban J connectivity index is 2.23. The SMILES string of the molecule is COc1ccc(C2CC2C(=O)O)cc1NS(=O)[O-]. The number of nitrogens with one attached hydrogen (secondary N) is 1. The molecule has 1 saturated carbocycles. The maximum absolute atomic E-state index is 10.8. The molecule has 0 aliphatic heterocycles. The number of anilines is 1. The van der Waals surface area contributed by atoms with E-state index in [1.807, 2.05) is 0 Å². The number of benzene rings is 1. The zero-order valence-electron chi connectivity index (χ0n) is 9.58. The number of methoxy groups -OCH3 is 1. The summed E-state index contributed by atoms with van der Waals surface area (Å²) >= 11 is -2.44. The lowest BCUT2D eigenvalue weighted by atomic mass is 10.1. The van der Waals surface area contributed by atoms with Gasteiger partial charge in [-0.2, -0.15) is 0 Å². The Morgan fingerprint density at radius 3 is 2.83 bits per heavy atom. The van der Waals surface area contributed by atoms with Crippen molar-refractivity contribution in [1.29, 1.82) is 0 Å². The zero-order chi connectivity index (χ0) is 13.3. The first-order chi connectivity index (χ1) is 8.52. The summed E-state index contributed by atoms with van der Waals surface area (Å²) in [7, 11) is 1.44. The first kappa shape index (κ1) is 12.8. The molecule has 0 saturated heterocycles. The number of aliphatic carboxylic acids is 1. The van der Waals surface area contributed by atoms with Gasteiger partial charge in [-0.3, -0.25) is 9.00 Å². The van der Waals surface area contributed by atoms with E-state index in [-0.39, 0.29) is 11.8 Å². The maximum atomic E-state index is 10.8. The Bertz CT molecular complexity index is 504. The summed E-state index contributed by atoms with van der Waals surface area (Å²) in [5, 5.41) is 8.86.